The molecule has 0 radical (unpaired) electrons. The molecule has 1 saturated heterocycles. The lowest BCUT2D eigenvalue weighted by Gasteiger charge is -2.29. The van der Waals surface area contributed by atoms with Gasteiger partial charge in [0, 0.05) is 18.7 Å². The normalized spacial score (nSPS) is 14.9. The molecule has 2 aromatic heterocycles. The third-order valence-electron chi connectivity index (χ3n) is 8.63. The standard InChI is InChI=1S/C35H44N8O6/c1-6-14-42(30(44)19-37-34(46)48-4)20-29-36-18-27(38-29)24-10-7-9-22(16-24)23-12-13-25-26(17-23)40-32(39-25)28-11-8-15-43(28)33(45)31(21(2)3)41-35(47)49-5/h7,9-10,12-13,16-18,21,28,31H,6,8,11,14-15,19-20H2,1-5H3,(H,36,38)(H,37,46)(H,39,40)(H,41,47). The first-order valence-electron chi connectivity index (χ1n) is 16.5. The van der Waals surface area contributed by atoms with Crippen molar-refractivity contribution < 1.29 is 28.7 Å². The second-order valence-electron chi connectivity index (χ2n) is 12.4. The molecule has 0 bridgehead atoms. The Morgan fingerprint density at radius 3 is 2.51 bits per heavy atom. The van der Waals surface area contributed by atoms with Gasteiger partial charge in [-0.25, -0.2) is 19.6 Å². The Labute approximate surface area is 285 Å². The highest BCUT2D eigenvalue weighted by Crippen LogP contribution is 2.34. The number of hydrogen-bond acceptors (Lipinski definition) is 8. The Bertz CT molecular complexity index is 1800. The molecule has 4 N–H and O–H groups in total. The van der Waals surface area contributed by atoms with Crippen LogP contribution in [-0.4, -0.2) is 93.6 Å². The molecule has 260 valence electrons. The molecule has 4 amide bonds. The molecule has 1 fully saturated rings. The minimum absolute atomic E-state index is 0.114. The van der Waals surface area contributed by atoms with Gasteiger partial charge in [-0.1, -0.05) is 45.0 Å². The maximum atomic E-state index is 13.6. The number of aromatic nitrogens is 4. The van der Waals surface area contributed by atoms with Gasteiger partial charge in [0.2, 0.25) is 11.8 Å². The Morgan fingerprint density at radius 1 is 1.02 bits per heavy atom. The van der Waals surface area contributed by atoms with E-state index in [1.165, 1.54) is 14.2 Å². The average Bonchev–Trinajstić information content (AvgIpc) is 3.88. The zero-order valence-electron chi connectivity index (χ0n) is 28.5. The van der Waals surface area contributed by atoms with Crippen molar-refractivity contribution in [1.29, 1.82) is 0 Å². The average molecular weight is 673 g/mol. The highest BCUT2D eigenvalue weighted by molar-refractivity contribution is 5.87. The van der Waals surface area contributed by atoms with Crippen LogP contribution in [0.15, 0.2) is 48.7 Å². The van der Waals surface area contributed by atoms with Gasteiger partial charge >= 0.3 is 12.2 Å². The summed E-state index contributed by atoms with van der Waals surface area (Å²) in [6.45, 7) is 6.99. The molecule has 2 atom stereocenters. The summed E-state index contributed by atoms with van der Waals surface area (Å²) in [4.78, 5) is 69.3. The van der Waals surface area contributed by atoms with E-state index < -0.39 is 18.2 Å². The van der Waals surface area contributed by atoms with E-state index in [1.54, 1.807) is 16.0 Å². The lowest BCUT2D eigenvalue weighted by atomic mass is 10.0. The van der Waals surface area contributed by atoms with Gasteiger partial charge in [0.25, 0.3) is 0 Å². The van der Waals surface area contributed by atoms with Crippen molar-refractivity contribution in [2.24, 2.45) is 5.92 Å². The highest BCUT2D eigenvalue weighted by atomic mass is 16.5. The van der Waals surface area contributed by atoms with E-state index in [9.17, 15) is 19.2 Å². The first kappa shape index (κ1) is 34.9. The number of aromatic amines is 2. The fourth-order valence-electron chi connectivity index (χ4n) is 6.09. The van der Waals surface area contributed by atoms with Gasteiger partial charge in [-0.05, 0) is 54.5 Å². The maximum Gasteiger partial charge on any atom is 0.407 e. The van der Waals surface area contributed by atoms with E-state index in [1.807, 2.05) is 51.1 Å². The molecular formula is C35H44N8O6. The number of benzene rings is 2. The number of ether oxygens (including phenoxy) is 2. The fourth-order valence-corrected chi connectivity index (χ4v) is 6.09. The van der Waals surface area contributed by atoms with Crippen LogP contribution in [0.3, 0.4) is 0 Å². The minimum Gasteiger partial charge on any atom is -0.453 e. The fraction of sp³-hybridized carbons (Fsp3) is 0.429. The molecule has 1 aliphatic heterocycles. The number of imidazole rings is 2. The van der Waals surface area contributed by atoms with Crippen molar-refractivity contribution in [2.45, 2.75) is 58.7 Å². The van der Waals surface area contributed by atoms with Crippen LogP contribution in [0.1, 0.15) is 57.7 Å². The third kappa shape index (κ3) is 8.19. The molecule has 14 heteroatoms. The molecule has 2 aromatic carbocycles. The van der Waals surface area contributed by atoms with Crippen LogP contribution >= 0.6 is 0 Å². The number of hydrogen-bond donors (Lipinski definition) is 4. The number of carbonyl (C=O) groups excluding carboxylic acids is 4. The number of carbonyl (C=O) groups is 4. The summed E-state index contributed by atoms with van der Waals surface area (Å²) in [5.41, 5.74) is 5.39. The Morgan fingerprint density at radius 2 is 1.78 bits per heavy atom. The number of H-pyrrole nitrogens is 2. The minimum atomic E-state index is -0.699. The van der Waals surface area contributed by atoms with Crippen LogP contribution in [-0.2, 0) is 25.6 Å². The second-order valence-corrected chi connectivity index (χ2v) is 12.4. The molecule has 4 aromatic rings. The summed E-state index contributed by atoms with van der Waals surface area (Å²) in [5.74, 6) is 0.855. The van der Waals surface area contributed by atoms with Crippen LogP contribution < -0.4 is 10.6 Å². The number of alkyl carbamates (subject to hydrolysis) is 2. The van der Waals surface area contributed by atoms with E-state index in [0.29, 0.717) is 24.7 Å². The van der Waals surface area contributed by atoms with Crippen molar-refractivity contribution in [3.63, 3.8) is 0 Å². The lowest BCUT2D eigenvalue weighted by molar-refractivity contribution is -0.135. The topological polar surface area (TPSA) is 175 Å². The zero-order chi connectivity index (χ0) is 35.1. The smallest absolute Gasteiger partial charge is 0.407 e. The number of likely N-dealkylation sites (tertiary alicyclic amines) is 1. The van der Waals surface area contributed by atoms with Gasteiger partial charge in [0.15, 0.2) is 0 Å². The molecular weight excluding hydrogens is 628 g/mol. The van der Waals surface area contributed by atoms with Crippen LogP contribution in [0.4, 0.5) is 9.59 Å². The van der Waals surface area contributed by atoms with Gasteiger partial charge in [-0.15, -0.1) is 0 Å². The van der Waals surface area contributed by atoms with Crippen molar-refractivity contribution in [2.75, 3.05) is 33.9 Å². The van der Waals surface area contributed by atoms with Crippen LogP contribution in [0.5, 0.6) is 0 Å². The van der Waals surface area contributed by atoms with Crippen molar-refractivity contribution in [1.82, 2.24) is 40.4 Å². The summed E-state index contributed by atoms with van der Waals surface area (Å²) < 4.78 is 9.31. The molecule has 1 aliphatic rings. The quantitative estimate of drug-likeness (QED) is 0.167. The molecule has 2 unspecified atom stereocenters. The first-order valence-corrected chi connectivity index (χ1v) is 16.5. The maximum absolute atomic E-state index is 13.6. The van der Waals surface area contributed by atoms with Gasteiger partial charge in [-0.2, -0.15) is 0 Å². The molecule has 0 aliphatic carbocycles. The van der Waals surface area contributed by atoms with Crippen molar-refractivity contribution in [3.8, 4) is 22.4 Å². The summed E-state index contributed by atoms with van der Waals surface area (Å²) in [6, 6.07) is 13.2. The molecule has 14 nitrogen and oxygen atoms in total. The van der Waals surface area contributed by atoms with Crippen molar-refractivity contribution >= 4 is 35.0 Å². The molecule has 49 heavy (non-hydrogen) atoms. The molecule has 0 spiro atoms. The number of rotatable bonds is 12. The van der Waals surface area contributed by atoms with E-state index in [2.05, 4.69) is 42.5 Å². The number of methoxy groups -OCH3 is 2. The van der Waals surface area contributed by atoms with Gasteiger partial charge < -0.3 is 39.9 Å². The van der Waals surface area contributed by atoms with E-state index in [0.717, 1.165) is 52.7 Å². The van der Waals surface area contributed by atoms with Gasteiger partial charge in [0.1, 0.15) is 24.2 Å². The Hall–Kier alpha value is -5.40. The summed E-state index contributed by atoms with van der Waals surface area (Å²) in [5, 5.41) is 5.13. The first-order chi connectivity index (χ1) is 23.6. The number of nitrogens with one attached hydrogen (secondary N) is 4. The Kier molecular flexibility index (Phi) is 11.2. The SMILES string of the molecule is CCCN(Cc1ncc(-c2cccc(-c3ccc4nc(C5CCCN5C(=O)C(NC(=O)OC)C(C)C)[nH]c4c3)c2)[nH]1)C(=O)CNC(=O)OC. The summed E-state index contributed by atoms with van der Waals surface area (Å²) in [7, 11) is 2.54. The predicted molar refractivity (Wildman–Crippen MR) is 183 cm³/mol. The summed E-state index contributed by atoms with van der Waals surface area (Å²) >= 11 is 0. The summed E-state index contributed by atoms with van der Waals surface area (Å²) in [6.07, 6.45) is 2.82. The number of amides is 4. The van der Waals surface area contributed by atoms with Crippen LogP contribution in [0.2, 0.25) is 0 Å². The monoisotopic (exact) mass is 672 g/mol. The van der Waals surface area contributed by atoms with E-state index in [4.69, 9.17) is 9.72 Å². The van der Waals surface area contributed by atoms with E-state index >= 15 is 0 Å². The Balaban J connectivity index is 1.32. The van der Waals surface area contributed by atoms with Crippen LogP contribution in [0, 0.1) is 5.92 Å². The molecule has 0 saturated carbocycles. The lowest BCUT2D eigenvalue weighted by Crippen LogP contribution is -2.51. The number of fused-ring (bicyclic) bond motifs is 1. The largest absolute Gasteiger partial charge is 0.453 e. The molecule has 3 heterocycles. The van der Waals surface area contributed by atoms with Crippen LogP contribution in [0.25, 0.3) is 33.4 Å². The highest BCUT2D eigenvalue weighted by Gasteiger charge is 2.37. The number of nitrogens with zero attached hydrogens (tertiary/aromatic N) is 4. The predicted octanol–water partition coefficient (Wildman–Crippen LogP) is 4.76. The third-order valence-corrected chi connectivity index (χ3v) is 8.63. The molecule has 5 rings (SSSR count). The van der Waals surface area contributed by atoms with Gasteiger partial charge in [-0.3, -0.25) is 9.59 Å². The van der Waals surface area contributed by atoms with Crippen molar-refractivity contribution in [3.05, 3.63) is 60.3 Å². The second kappa shape index (κ2) is 15.7. The van der Waals surface area contributed by atoms with Gasteiger partial charge in [0.05, 0.1) is 49.7 Å². The van der Waals surface area contributed by atoms with E-state index in [-0.39, 0.29) is 36.9 Å². The zero-order valence-corrected chi connectivity index (χ0v) is 28.5.